The van der Waals surface area contributed by atoms with Crippen molar-refractivity contribution >= 4 is 45.2 Å². The highest BCUT2D eigenvalue weighted by molar-refractivity contribution is 14.1. The van der Waals surface area contributed by atoms with E-state index in [-0.39, 0.29) is 26.6 Å². The molecule has 0 aliphatic carbocycles. The highest BCUT2D eigenvalue weighted by Gasteiger charge is 2.58. The molecule has 0 amide bonds. The topological polar surface area (TPSA) is 0 Å². The van der Waals surface area contributed by atoms with Crippen LogP contribution in [0.25, 0.3) is 0 Å². The standard InChI is InChI=1S/C8H7F9.C8H10F7I.C6H6F7I.C2H2F2.H2/c1-6(11,8(15,16)17)3-4(2-5(9)10)7(12,13)14;1-6(9,8(13,14)15)4-5(2-3-16)7(10,11)12;1-4(7,6(11,12)13)2-3(14)5(8,9)10;1-2(3)4;/h2,4H,3H2,1H3;5H,2-4H2,1H3;3H,2H2,1H3;1H2;1H/i;;;;1+1. The quantitative estimate of drug-likeness (QED) is 0.123. The lowest BCUT2D eigenvalue weighted by molar-refractivity contribution is -0.248. The predicted octanol–water partition coefficient (Wildman–Crippen LogP) is 15.0. The molecule has 312 valence electrons. The third-order valence-corrected chi connectivity index (χ3v) is 7.36. The van der Waals surface area contributed by atoms with Gasteiger partial charge in [0.05, 0.1) is 11.8 Å². The molecule has 0 aliphatic rings. The average molecular weight is 1050 g/mol. The molecule has 0 saturated heterocycles. The molecule has 0 radical (unpaired) electrons. The Hall–Kier alpha value is -0.810. The van der Waals surface area contributed by atoms with Crippen molar-refractivity contribution in [3.63, 3.8) is 0 Å². The fraction of sp³-hybridized carbons (Fsp3) is 0.833. The molecule has 0 aromatic heterocycles. The van der Waals surface area contributed by atoms with E-state index in [2.05, 4.69) is 6.58 Å². The summed E-state index contributed by atoms with van der Waals surface area (Å²) in [6, 6.07) is 0. The van der Waals surface area contributed by atoms with E-state index in [1.54, 1.807) is 22.6 Å². The minimum Gasteiger partial charge on any atom is -0.234 e. The smallest absolute Gasteiger partial charge is 0.234 e. The number of alkyl halides is 23. The van der Waals surface area contributed by atoms with Gasteiger partial charge in [-0.05, 0) is 39.8 Å². The molecule has 0 aliphatic heterocycles. The van der Waals surface area contributed by atoms with Crippen molar-refractivity contribution in [2.24, 2.45) is 11.8 Å². The van der Waals surface area contributed by atoms with Crippen LogP contribution in [0.5, 0.6) is 0 Å². The molecule has 6 unspecified atom stereocenters. The summed E-state index contributed by atoms with van der Waals surface area (Å²) < 4.78 is 296. The van der Waals surface area contributed by atoms with Crippen LogP contribution < -0.4 is 0 Å². The Morgan fingerprint density at radius 3 is 1.06 bits per heavy atom. The Morgan fingerprint density at radius 2 is 0.843 bits per heavy atom. The zero-order valence-corrected chi connectivity index (χ0v) is 29.6. The molecule has 27 heteroatoms. The molecule has 0 bridgehead atoms. The molecular weight excluding hydrogens is 1020 g/mol. The molecule has 0 N–H and O–H groups in total. The van der Waals surface area contributed by atoms with Crippen LogP contribution in [-0.2, 0) is 0 Å². The van der Waals surface area contributed by atoms with Gasteiger partial charge in [-0.1, -0.05) is 45.2 Å². The number of allylic oxidation sites excluding steroid dienone is 1. The van der Waals surface area contributed by atoms with Crippen molar-refractivity contribution in [3.8, 4) is 0 Å². The molecule has 0 heterocycles. The second-order valence-electron chi connectivity index (χ2n) is 10.4. The van der Waals surface area contributed by atoms with Gasteiger partial charge in [-0.3, -0.25) is 0 Å². The molecule has 51 heavy (non-hydrogen) atoms. The molecular formula is C24H27F25I2. The second kappa shape index (κ2) is 20.8. The van der Waals surface area contributed by atoms with E-state index in [4.69, 9.17) is 0 Å². The van der Waals surface area contributed by atoms with Crippen molar-refractivity contribution in [1.29, 1.82) is 0 Å². The zero-order chi connectivity index (χ0) is 42.6. The Labute approximate surface area is 301 Å². The molecule has 0 aromatic carbocycles. The first-order valence-electron chi connectivity index (χ1n) is 12.5. The van der Waals surface area contributed by atoms with Gasteiger partial charge in [0, 0.05) is 25.1 Å². The molecule has 6 atom stereocenters. The first-order chi connectivity index (χ1) is 21.8. The molecule has 0 spiro atoms. The van der Waals surface area contributed by atoms with Gasteiger partial charge in [-0.2, -0.15) is 96.6 Å². The van der Waals surface area contributed by atoms with Crippen LogP contribution in [0.2, 0.25) is 0 Å². The maximum Gasteiger partial charge on any atom is 0.422 e. The number of halogens is 27. The fourth-order valence-corrected chi connectivity index (χ4v) is 4.19. The van der Waals surface area contributed by atoms with Gasteiger partial charge in [-0.25, -0.2) is 13.2 Å². The van der Waals surface area contributed by atoms with Gasteiger partial charge in [-0.15, -0.1) is 0 Å². The molecule has 0 fully saturated rings. The largest absolute Gasteiger partial charge is 0.422 e. The third-order valence-electron chi connectivity index (χ3n) is 5.59. The van der Waals surface area contributed by atoms with E-state index in [0.29, 0.717) is 0 Å². The van der Waals surface area contributed by atoms with Crippen LogP contribution in [-0.4, -0.2) is 62.4 Å². The maximum atomic E-state index is 13.1. The monoisotopic (exact) mass is 1040 g/mol. The summed E-state index contributed by atoms with van der Waals surface area (Å²) >= 11 is 2.36. The zero-order valence-electron chi connectivity index (χ0n) is 25.3. The highest BCUT2D eigenvalue weighted by atomic mass is 127. The average Bonchev–Trinajstić information content (AvgIpc) is 2.79. The van der Waals surface area contributed by atoms with E-state index < -0.39 is 114 Å². The first kappa shape index (κ1) is 56.9. The third kappa shape index (κ3) is 25.0. The summed E-state index contributed by atoms with van der Waals surface area (Å²) in [6.45, 7) is 2.33. The molecule has 0 saturated carbocycles. The van der Waals surface area contributed by atoms with Gasteiger partial charge in [0.1, 0.15) is 3.92 Å². The summed E-state index contributed by atoms with van der Waals surface area (Å²) in [5, 5.41) is 0. The van der Waals surface area contributed by atoms with Gasteiger partial charge >= 0.3 is 37.1 Å². The second-order valence-corrected chi connectivity index (χ2v) is 12.9. The van der Waals surface area contributed by atoms with E-state index in [0.717, 1.165) is 22.6 Å². The van der Waals surface area contributed by atoms with Gasteiger partial charge in [0.2, 0.25) is 17.0 Å². The summed E-state index contributed by atoms with van der Waals surface area (Å²) in [6.07, 6.45) is -42.3. The summed E-state index contributed by atoms with van der Waals surface area (Å²) in [4.78, 5) is 0. The minimum atomic E-state index is -5.56. The van der Waals surface area contributed by atoms with Gasteiger partial charge in [0.15, 0.2) is 0 Å². The van der Waals surface area contributed by atoms with Crippen molar-refractivity contribution < 1.29 is 111 Å². The van der Waals surface area contributed by atoms with Crippen molar-refractivity contribution in [2.75, 3.05) is 4.43 Å². The lowest BCUT2D eigenvalue weighted by Crippen LogP contribution is -2.42. The van der Waals surface area contributed by atoms with Gasteiger partial charge < -0.3 is 0 Å². The molecule has 0 aromatic rings. The van der Waals surface area contributed by atoms with Crippen LogP contribution in [0, 0.1) is 11.8 Å². The number of hydrogen-bond donors (Lipinski definition) is 0. The van der Waals surface area contributed by atoms with E-state index in [9.17, 15) is 110 Å². The van der Waals surface area contributed by atoms with Crippen molar-refractivity contribution in [1.82, 2.24) is 0 Å². The molecule has 0 nitrogen and oxygen atoms in total. The van der Waals surface area contributed by atoms with E-state index >= 15 is 0 Å². The van der Waals surface area contributed by atoms with E-state index in [1.807, 2.05) is 0 Å². The Balaban J connectivity index is -0.000000200. The molecule has 0 rings (SSSR count). The highest BCUT2D eigenvalue weighted by Crippen LogP contribution is 2.45. The van der Waals surface area contributed by atoms with Crippen LogP contribution in [0.15, 0.2) is 24.8 Å². The number of hydrogen-bond acceptors (Lipinski definition) is 0. The summed E-state index contributed by atoms with van der Waals surface area (Å²) in [5.41, 5.74) is -11.8. The SMILES string of the molecule is C=C(F)F.CC(F)(CC(C=C(F)F)C(F)(F)F)C(F)(F)F.CC(F)(CC(CCI)C(F)(F)F)C(F)(F)F.CC(F)(CC(I)C(F)(F)F)C(F)(F)F.[2HH]. The summed E-state index contributed by atoms with van der Waals surface area (Å²) in [5.74, 6) is -5.45. The fourth-order valence-electron chi connectivity index (χ4n) is 2.61. The normalized spacial score (nSPS) is 18.3. The Kier molecular flexibility index (Phi) is 23.2. The first-order valence-corrected chi connectivity index (χ1v) is 15.3. The van der Waals surface area contributed by atoms with Crippen LogP contribution in [0.4, 0.5) is 110 Å². The lowest BCUT2D eigenvalue weighted by atomic mass is 9.90. The number of rotatable bonds is 9. The van der Waals surface area contributed by atoms with Gasteiger partial charge in [0.25, 0.3) is 12.2 Å². The van der Waals surface area contributed by atoms with Crippen LogP contribution in [0.1, 0.15) is 47.9 Å². The summed E-state index contributed by atoms with van der Waals surface area (Å²) in [7, 11) is 0. The van der Waals surface area contributed by atoms with Crippen molar-refractivity contribution in [2.45, 2.75) is 104 Å². The van der Waals surface area contributed by atoms with Crippen LogP contribution in [0.3, 0.4) is 0 Å². The van der Waals surface area contributed by atoms with Crippen molar-refractivity contribution in [3.05, 3.63) is 24.8 Å². The lowest BCUT2D eigenvalue weighted by Gasteiger charge is -2.29. The van der Waals surface area contributed by atoms with Crippen LogP contribution >= 0.6 is 45.2 Å². The Bertz CT molecular complexity index is 1020. The predicted molar refractivity (Wildman–Crippen MR) is 151 cm³/mol. The minimum absolute atomic E-state index is 0. The van der Waals surface area contributed by atoms with E-state index in [1.165, 1.54) is 0 Å². The Morgan fingerprint density at radius 1 is 0.549 bits per heavy atom. The maximum absolute atomic E-state index is 13.1.